The van der Waals surface area contributed by atoms with Gasteiger partial charge in [-0.3, -0.25) is 0 Å². The highest BCUT2D eigenvalue weighted by Crippen LogP contribution is 2.32. The number of hydrogen-bond acceptors (Lipinski definition) is 3. The van der Waals surface area contributed by atoms with Crippen LogP contribution in [0.4, 0.5) is 0 Å². The summed E-state index contributed by atoms with van der Waals surface area (Å²) in [4.78, 5) is 0. The summed E-state index contributed by atoms with van der Waals surface area (Å²) in [6.07, 6.45) is 3.64. The third-order valence-corrected chi connectivity index (χ3v) is 3.52. The van der Waals surface area contributed by atoms with Crippen molar-refractivity contribution in [1.82, 2.24) is 5.32 Å². The van der Waals surface area contributed by atoms with Crippen LogP contribution in [0.2, 0.25) is 0 Å². The Bertz CT molecular complexity index is 353. The van der Waals surface area contributed by atoms with E-state index >= 15 is 0 Å². The molecule has 1 fully saturated rings. The summed E-state index contributed by atoms with van der Waals surface area (Å²) in [6, 6.07) is 7.91. The number of aliphatic hydroxyl groups is 1. The van der Waals surface area contributed by atoms with Gasteiger partial charge in [-0.15, -0.1) is 0 Å². The van der Waals surface area contributed by atoms with E-state index in [-0.39, 0.29) is 0 Å². The molecule has 0 amide bonds. The molecule has 0 spiro atoms. The molecule has 1 atom stereocenters. The van der Waals surface area contributed by atoms with Gasteiger partial charge in [-0.05, 0) is 56.5 Å². The van der Waals surface area contributed by atoms with Crippen LogP contribution in [0.1, 0.15) is 38.2 Å². The maximum absolute atomic E-state index is 10.7. The first-order valence-electron chi connectivity index (χ1n) is 6.91. The Balaban J connectivity index is 2.07. The fraction of sp³-hybridized carbons (Fsp3) is 0.600. The van der Waals surface area contributed by atoms with Crippen LogP contribution in [0.25, 0.3) is 0 Å². The highest BCUT2D eigenvalue weighted by molar-refractivity contribution is 5.31. The van der Waals surface area contributed by atoms with Crippen LogP contribution in [0.15, 0.2) is 24.3 Å². The summed E-state index contributed by atoms with van der Waals surface area (Å²) in [5, 5.41) is 14.0. The second-order valence-corrected chi connectivity index (χ2v) is 5.01. The quantitative estimate of drug-likeness (QED) is 0.861. The zero-order chi connectivity index (χ0) is 12.8. The van der Waals surface area contributed by atoms with E-state index in [0.29, 0.717) is 0 Å². The van der Waals surface area contributed by atoms with Crippen LogP contribution < -0.4 is 10.1 Å². The van der Waals surface area contributed by atoms with Gasteiger partial charge in [0, 0.05) is 0 Å². The van der Waals surface area contributed by atoms with Gasteiger partial charge < -0.3 is 15.2 Å². The van der Waals surface area contributed by atoms with Crippen LogP contribution in [0.5, 0.6) is 5.75 Å². The van der Waals surface area contributed by atoms with Gasteiger partial charge in [0.2, 0.25) is 0 Å². The number of ether oxygens (including phenoxy) is 1. The van der Waals surface area contributed by atoms with Crippen LogP contribution in [0, 0.1) is 0 Å². The molecule has 18 heavy (non-hydrogen) atoms. The lowest BCUT2D eigenvalue weighted by molar-refractivity contribution is 0.0240. The zero-order valence-corrected chi connectivity index (χ0v) is 11.1. The van der Waals surface area contributed by atoms with Crippen molar-refractivity contribution < 1.29 is 9.84 Å². The average Bonchev–Trinajstić information content (AvgIpc) is 2.63. The third kappa shape index (κ3) is 3.24. The molecular weight excluding hydrogens is 226 g/mol. The highest BCUT2D eigenvalue weighted by atomic mass is 16.5. The standard InChI is InChI=1S/C15H23NO2/c1-2-12-18-14-6-4-13(5-7-14)15(17)8-3-10-16-11-9-15/h4-7,16-17H,2-3,8-12H2,1H3. The molecule has 100 valence electrons. The zero-order valence-electron chi connectivity index (χ0n) is 11.1. The van der Waals surface area contributed by atoms with Crippen LogP contribution in [0.3, 0.4) is 0 Å². The van der Waals surface area contributed by atoms with Crippen molar-refractivity contribution in [3.8, 4) is 5.75 Å². The molecule has 0 saturated carbocycles. The monoisotopic (exact) mass is 249 g/mol. The predicted octanol–water partition coefficient (Wildman–Crippen LogP) is 2.44. The molecule has 3 heteroatoms. The van der Waals surface area contributed by atoms with Crippen molar-refractivity contribution in [2.45, 2.75) is 38.2 Å². The van der Waals surface area contributed by atoms with E-state index in [1.165, 1.54) is 0 Å². The fourth-order valence-electron chi connectivity index (χ4n) is 2.42. The third-order valence-electron chi connectivity index (χ3n) is 3.52. The molecular formula is C15H23NO2. The Morgan fingerprint density at radius 1 is 1.22 bits per heavy atom. The molecule has 1 saturated heterocycles. The number of nitrogens with one attached hydrogen (secondary N) is 1. The topological polar surface area (TPSA) is 41.5 Å². The van der Waals surface area contributed by atoms with Crippen molar-refractivity contribution >= 4 is 0 Å². The Labute approximate surface area is 109 Å². The minimum absolute atomic E-state index is 0.674. The molecule has 0 aromatic heterocycles. The summed E-state index contributed by atoms with van der Waals surface area (Å²) in [6.45, 7) is 4.72. The molecule has 0 radical (unpaired) electrons. The smallest absolute Gasteiger partial charge is 0.119 e. The molecule has 2 rings (SSSR count). The highest BCUT2D eigenvalue weighted by Gasteiger charge is 2.29. The van der Waals surface area contributed by atoms with Gasteiger partial charge in [0.15, 0.2) is 0 Å². The Morgan fingerprint density at radius 2 is 2.00 bits per heavy atom. The largest absolute Gasteiger partial charge is 0.494 e. The second kappa shape index (κ2) is 6.21. The average molecular weight is 249 g/mol. The van der Waals surface area contributed by atoms with Crippen LogP contribution in [-0.2, 0) is 5.60 Å². The van der Waals surface area contributed by atoms with E-state index in [2.05, 4.69) is 12.2 Å². The van der Waals surface area contributed by atoms with Gasteiger partial charge >= 0.3 is 0 Å². The number of hydrogen-bond donors (Lipinski definition) is 2. The predicted molar refractivity (Wildman–Crippen MR) is 72.8 cm³/mol. The molecule has 1 unspecified atom stereocenters. The van der Waals surface area contributed by atoms with Gasteiger partial charge in [0.25, 0.3) is 0 Å². The Hall–Kier alpha value is -1.06. The van der Waals surface area contributed by atoms with Crippen LogP contribution >= 0.6 is 0 Å². The van der Waals surface area contributed by atoms with E-state index < -0.39 is 5.60 Å². The molecule has 1 aliphatic heterocycles. The lowest BCUT2D eigenvalue weighted by atomic mass is 9.87. The summed E-state index contributed by atoms with van der Waals surface area (Å²) in [7, 11) is 0. The van der Waals surface area contributed by atoms with E-state index in [4.69, 9.17) is 4.74 Å². The maximum Gasteiger partial charge on any atom is 0.119 e. The van der Waals surface area contributed by atoms with Crippen molar-refractivity contribution in [2.24, 2.45) is 0 Å². The van der Waals surface area contributed by atoms with Gasteiger partial charge in [0.05, 0.1) is 12.2 Å². The lowest BCUT2D eigenvalue weighted by Crippen LogP contribution is -2.27. The summed E-state index contributed by atoms with van der Waals surface area (Å²) < 4.78 is 5.56. The molecule has 2 N–H and O–H groups in total. The lowest BCUT2D eigenvalue weighted by Gasteiger charge is -2.27. The van der Waals surface area contributed by atoms with E-state index in [0.717, 1.165) is 56.7 Å². The first-order chi connectivity index (χ1) is 8.74. The number of benzene rings is 1. The minimum Gasteiger partial charge on any atom is -0.494 e. The van der Waals surface area contributed by atoms with E-state index in [9.17, 15) is 5.11 Å². The molecule has 0 aliphatic carbocycles. The van der Waals surface area contributed by atoms with Gasteiger partial charge in [-0.25, -0.2) is 0 Å². The molecule has 1 aromatic carbocycles. The Kier molecular flexibility index (Phi) is 4.61. The molecule has 1 aliphatic rings. The minimum atomic E-state index is -0.674. The maximum atomic E-state index is 10.7. The summed E-state index contributed by atoms with van der Waals surface area (Å²) in [5.74, 6) is 0.885. The van der Waals surface area contributed by atoms with Crippen molar-refractivity contribution in [2.75, 3.05) is 19.7 Å². The fourth-order valence-corrected chi connectivity index (χ4v) is 2.42. The molecule has 0 bridgehead atoms. The first kappa shape index (κ1) is 13.4. The van der Waals surface area contributed by atoms with Gasteiger partial charge in [-0.2, -0.15) is 0 Å². The van der Waals surface area contributed by atoms with Crippen molar-refractivity contribution in [3.63, 3.8) is 0 Å². The van der Waals surface area contributed by atoms with Gasteiger partial charge in [-0.1, -0.05) is 19.1 Å². The first-order valence-corrected chi connectivity index (χ1v) is 6.91. The number of rotatable bonds is 4. The van der Waals surface area contributed by atoms with Crippen molar-refractivity contribution in [3.05, 3.63) is 29.8 Å². The second-order valence-electron chi connectivity index (χ2n) is 5.01. The molecule has 1 aromatic rings. The van der Waals surface area contributed by atoms with Crippen LogP contribution in [-0.4, -0.2) is 24.8 Å². The summed E-state index contributed by atoms with van der Waals surface area (Å²) >= 11 is 0. The normalized spacial score (nSPS) is 24.6. The Morgan fingerprint density at radius 3 is 2.72 bits per heavy atom. The van der Waals surface area contributed by atoms with E-state index in [1.54, 1.807) is 0 Å². The molecule has 1 heterocycles. The SMILES string of the molecule is CCCOc1ccc(C2(O)CCCNCC2)cc1. The van der Waals surface area contributed by atoms with Crippen molar-refractivity contribution in [1.29, 1.82) is 0 Å². The summed E-state index contributed by atoms with van der Waals surface area (Å²) in [5.41, 5.74) is 0.335. The van der Waals surface area contributed by atoms with Gasteiger partial charge in [0.1, 0.15) is 5.75 Å². The van der Waals surface area contributed by atoms with E-state index in [1.807, 2.05) is 24.3 Å². The molecule has 3 nitrogen and oxygen atoms in total.